The van der Waals surface area contributed by atoms with Crippen molar-refractivity contribution in [2.75, 3.05) is 26.2 Å². The smallest absolute Gasteiger partial charge is 0.119 e. The van der Waals surface area contributed by atoms with Gasteiger partial charge in [0.05, 0.1) is 18.0 Å². The molecule has 1 aromatic heterocycles. The quantitative estimate of drug-likeness (QED) is 0.761. The molecule has 0 saturated carbocycles. The van der Waals surface area contributed by atoms with Gasteiger partial charge in [-0.3, -0.25) is 0 Å². The van der Waals surface area contributed by atoms with Crippen molar-refractivity contribution < 1.29 is 4.74 Å². The molecule has 0 radical (unpaired) electrons. The Bertz CT molecular complexity index is 684. The molecule has 0 atom stereocenters. The molecule has 1 saturated heterocycles. The molecule has 2 aromatic rings. The summed E-state index contributed by atoms with van der Waals surface area (Å²) < 4.78 is 7.98. The largest absolute Gasteiger partial charge is 0.494 e. The summed E-state index contributed by atoms with van der Waals surface area (Å²) in [6.07, 6.45) is 7.38. The number of fused-ring (bicyclic) bond motifs is 1. The number of nitrogens with zero attached hydrogens (tertiary/aromatic N) is 3. The number of aromatic nitrogens is 2. The maximum atomic E-state index is 5.89. The van der Waals surface area contributed by atoms with Crippen molar-refractivity contribution in [1.82, 2.24) is 14.7 Å². The predicted molar refractivity (Wildman–Crippen MR) is 96.1 cm³/mol. The first kappa shape index (κ1) is 15.7. The Labute approximate surface area is 144 Å². The molecule has 0 N–H and O–H groups in total. The van der Waals surface area contributed by atoms with Crippen molar-refractivity contribution in [2.45, 2.75) is 45.4 Å². The van der Waals surface area contributed by atoms with Gasteiger partial charge in [0.2, 0.25) is 0 Å². The van der Waals surface area contributed by atoms with Gasteiger partial charge in [0.15, 0.2) is 0 Å². The van der Waals surface area contributed by atoms with Gasteiger partial charge in [0.1, 0.15) is 5.75 Å². The Hall–Kier alpha value is -1.81. The highest BCUT2D eigenvalue weighted by atomic mass is 16.5. The molecule has 1 aromatic carbocycles. The maximum absolute atomic E-state index is 5.89. The number of likely N-dealkylation sites (tertiary alicyclic amines) is 1. The molecule has 1 aliphatic carbocycles. The van der Waals surface area contributed by atoms with E-state index in [4.69, 9.17) is 9.84 Å². The number of hydrogen-bond donors (Lipinski definition) is 0. The third kappa shape index (κ3) is 3.20. The van der Waals surface area contributed by atoms with Crippen molar-refractivity contribution in [2.24, 2.45) is 0 Å². The van der Waals surface area contributed by atoms with E-state index in [0.717, 1.165) is 37.4 Å². The lowest BCUT2D eigenvalue weighted by molar-refractivity contribution is 0.263. The number of aryl methyl sites for hydroxylation is 1. The summed E-state index contributed by atoms with van der Waals surface area (Å²) in [6, 6.07) is 8.37. The van der Waals surface area contributed by atoms with Crippen molar-refractivity contribution in [3.05, 3.63) is 41.2 Å². The van der Waals surface area contributed by atoms with Crippen LogP contribution < -0.4 is 4.74 Å². The van der Waals surface area contributed by atoms with Crippen molar-refractivity contribution in [3.8, 4) is 11.4 Å². The number of ether oxygens (including phenoxy) is 1. The molecule has 4 heteroatoms. The Morgan fingerprint density at radius 3 is 2.58 bits per heavy atom. The number of hydrogen-bond acceptors (Lipinski definition) is 3. The van der Waals surface area contributed by atoms with Crippen molar-refractivity contribution in [3.63, 3.8) is 0 Å². The molecule has 2 heterocycles. The van der Waals surface area contributed by atoms with Gasteiger partial charge in [-0.25, -0.2) is 4.68 Å². The molecule has 2 aliphatic rings. The van der Waals surface area contributed by atoms with Crippen molar-refractivity contribution in [1.29, 1.82) is 0 Å². The third-order valence-corrected chi connectivity index (χ3v) is 5.33. The summed E-state index contributed by atoms with van der Waals surface area (Å²) in [7, 11) is 0. The molecule has 0 amide bonds. The number of benzene rings is 1. The van der Waals surface area contributed by atoms with Crippen LogP contribution in [0, 0.1) is 6.92 Å². The summed E-state index contributed by atoms with van der Waals surface area (Å²) in [5, 5.41) is 4.78. The van der Waals surface area contributed by atoms with Crippen LogP contribution in [0.25, 0.3) is 5.69 Å². The van der Waals surface area contributed by atoms with Crippen LogP contribution >= 0.6 is 0 Å². The molecular formula is C20H27N3O. The lowest BCUT2D eigenvalue weighted by atomic mass is 10.2. The van der Waals surface area contributed by atoms with E-state index in [1.54, 1.807) is 0 Å². The normalized spacial score (nSPS) is 17.4. The Balaban J connectivity index is 1.33. The fourth-order valence-corrected chi connectivity index (χ4v) is 3.97. The molecule has 24 heavy (non-hydrogen) atoms. The van der Waals surface area contributed by atoms with E-state index in [9.17, 15) is 0 Å². The first-order valence-corrected chi connectivity index (χ1v) is 9.34. The monoisotopic (exact) mass is 325 g/mol. The summed E-state index contributed by atoms with van der Waals surface area (Å²) >= 11 is 0. The van der Waals surface area contributed by atoms with E-state index in [2.05, 4.69) is 40.8 Å². The maximum Gasteiger partial charge on any atom is 0.119 e. The zero-order valence-electron chi connectivity index (χ0n) is 14.6. The summed E-state index contributed by atoms with van der Waals surface area (Å²) in [4.78, 5) is 2.53. The Morgan fingerprint density at radius 1 is 1.04 bits per heavy atom. The van der Waals surface area contributed by atoms with E-state index in [0.29, 0.717) is 0 Å². The highest BCUT2D eigenvalue weighted by Gasteiger charge is 2.20. The zero-order chi connectivity index (χ0) is 16.4. The van der Waals surface area contributed by atoms with E-state index in [1.807, 2.05) is 0 Å². The predicted octanol–water partition coefficient (Wildman–Crippen LogP) is 3.53. The second kappa shape index (κ2) is 6.98. The van der Waals surface area contributed by atoms with E-state index in [-0.39, 0.29) is 0 Å². The third-order valence-electron chi connectivity index (χ3n) is 5.33. The van der Waals surface area contributed by atoms with Crippen LogP contribution in [0.3, 0.4) is 0 Å². The minimum absolute atomic E-state index is 0.797. The van der Waals surface area contributed by atoms with Crippen LogP contribution in [0.2, 0.25) is 0 Å². The van der Waals surface area contributed by atoms with Crippen LogP contribution in [0.15, 0.2) is 24.3 Å². The summed E-state index contributed by atoms with van der Waals surface area (Å²) in [5.41, 5.74) is 5.17. The molecule has 0 unspecified atom stereocenters. The second-order valence-electron chi connectivity index (χ2n) is 7.02. The van der Waals surface area contributed by atoms with E-state index < -0.39 is 0 Å². The van der Waals surface area contributed by atoms with Gasteiger partial charge in [0.25, 0.3) is 0 Å². The number of rotatable bonds is 6. The average molecular weight is 325 g/mol. The standard InChI is InChI=1S/C20H27N3O/c1-16-19-6-4-7-20(19)21-23(16)17-8-10-18(11-9-17)24-15-5-14-22-12-2-3-13-22/h8-11H,2-7,12-15H2,1H3. The first-order chi connectivity index (χ1) is 11.8. The highest BCUT2D eigenvalue weighted by Crippen LogP contribution is 2.26. The van der Waals surface area contributed by atoms with Crippen LogP contribution in [-0.4, -0.2) is 40.9 Å². The molecule has 1 aliphatic heterocycles. The molecule has 128 valence electrons. The molecular weight excluding hydrogens is 298 g/mol. The van der Waals surface area contributed by atoms with E-state index >= 15 is 0 Å². The molecule has 1 fully saturated rings. The fraction of sp³-hybridized carbons (Fsp3) is 0.550. The van der Waals surface area contributed by atoms with Crippen LogP contribution in [-0.2, 0) is 12.8 Å². The van der Waals surface area contributed by atoms with Gasteiger partial charge in [0, 0.05) is 12.2 Å². The Kier molecular flexibility index (Phi) is 4.56. The van der Waals surface area contributed by atoms with Gasteiger partial charge in [-0.1, -0.05) is 0 Å². The second-order valence-corrected chi connectivity index (χ2v) is 7.02. The average Bonchev–Trinajstić information content (AvgIpc) is 3.32. The minimum Gasteiger partial charge on any atom is -0.494 e. The minimum atomic E-state index is 0.797. The SMILES string of the molecule is Cc1c2c(nn1-c1ccc(OCCCN3CCCC3)cc1)CCC2. The Morgan fingerprint density at radius 2 is 1.83 bits per heavy atom. The van der Waals surface area contributed by atoms with Gasteiger partial charge in [-0.2, -0.15) is 5.10 Å². The topological polar surface area (TPSA) is 30.3 Å². The molecule has 0 spiro atoms. The zero-order valence-corrected chi connectivity index (χ0v) is 14.6. The fourth-order valence-electron chi connectivity index (χ4n) is 3.97. The van der Waals surface area contributed by atoms with Crippen LogP contribution in [0.4, 0.5) is 0 Å². The molecule has 4 rings (SSSR count). The van der Waals surface area contributed by atoms with Gasteiger partial charge in [-0.15, -0.1) is 0 Å². The summed E-state index contributed by atoms with van der Waals surface area (Å²) in [6.45, 7) is 6.67. The van der Waals surface area contributed by atoms with Gasteiger partial charge in [-0.05, 0) is 88.4 Å². The van der Waals surface area contributed by atoms with Gasteiger partial charge < -0.3 is 9.64 Å². The van der Waals surface area contributed by atoms with Gasteiger partial charge >= 0.3 is 0 Å². The molecule has 4 nitrogen and oxygen atoms in total. The lowest BCUT2D eigenvalue weighted by Crippen LogP contribution is -2.21. The highest BCUT2D eigenvalue weighted by molar-refractivity contribution is 5.41. The van der Waals surface area contributed by atoms with E-state index in [1.165, 1.54) is 55.7 Å². The first-order valence-electron chi connectivity index (χ1n) is 9.34. The summed E-state index contributed by atoms with van der Waals surface area (Å²) in [5.74, 6) is 0.956. The lowest BCUT2D eigenvalue weighted by Gasteiger charge is -2.14. The van der Waals surface area contributed by atoms with Crippen LogP contribution in [0.5, 0.6) is 5.75 Å². The van der Waals surface area contributed by atoms with Crippen LogP contribution in [0.1, 0.15) is 42.6 Å². The van der Waals surface area contributed by atoms with Crippen molar-refractivity contribution >= 4 is 0 Å². The molecule has 0 bridgehead atoms.